The highest BCUT2D eigenvalue weighted by atomic mass is 16.2. The van der Waals surface area contributed by atoms with Crippen molar-refractivity contribution in [3.63, 3.8) is 0 Å². The summed E-state index contributed by atoms with van der Waals surface area (Å²) in [5, 5.41) is 9.91. The Bertz CT molecular complexity index is 963. The average molecular weight is 352 g/mol. The second-order valence-electron chi connectivity index (χ2n) is 6.09. The van der Waals surface area contributed by atoms with Crippen molar-refractivity contribution in [2.75, 3.05) is 25.1 Å². The van der Waals surface area contributed by atoms with Crippen molar-refractivity contribution in [3.8, 4) is 11.4 Å². The van der Waals surface area contributed by atoms with Gasteiger partial charge >= 0.3 is 0 Å². The number of aromatic amines is 1. The van der Waals surface area contributed by atoms with Gasteiger partial charge in [-0.25, -0.2) is 9.97 Å². The lowest BCUT2D eigenvalue weighted by molar-refractivity contribution is 0.0827. The summed E-state index contributed by atoms with van der Waals surface area (Å²) in [6, 6.07) is 5.44. The van der Waals surface area contributed by atoms with Crippen molar-refractivity contribution < 1.29 is 4.79 Å². The summed E-state index contributed by atoms with van der Waals surface area (Å²) < 4.78 is 0. The third-order valence-corrected chi connectivity index (χ3v) is 3.78. The molecular formula is C17H20N8O. The van der Waals surface area contributed by atoms with Crippen LogP contribution >= 0.6 is 0 Å². The van der Waals surface area contributed by atoms with E-state index >= 15 is 0 Å². The number of aryl methyl sites for hydroxylation is 2. The molecule has 26 heavy (non-hydrogen) atoms. The number of nitrogens with one attached hydrogen (secondary N) is 2. The lowest BCUT2D eigenvalue weighted by atomic mass is 10.1. The molecule has 0 fully saturated rings. The maximum Gasteiger partial charge on any atom is 0.253 e. The monoisotopic (exact) mass is 352 g/mol. The standard InChI is InChI=1S/C17H20N8O/c1-9-7-11(5-6-12(9)16(26)25(3)4)21-17-19-8-13(14(18)22-17)15-20-10(2)23-24-15/h5-8H,1-4H3,(H,20,23,24)(H3,18,19,21,22). The Morgan fingerprint density at radius 3 is 2.58 bits per heavy atom. The molecule has 0 atom stereocenters. The van der Waals surface area contributed by atoms with E-state index in [4.69, 9.17) is 5.73 Å². The molecule has 0 radical (unpaired) electrons. The van der Waals surface area contributed by atoms with Gasteiger partial charge in [0.15, 0.2) is 5.82 Å². The third-order valence-electron chi connectivity index (χ3n) is 3.78. The molecule has 0 spiro atoms. The fourth-order valence-electron chi connectivity index (χ4n) is 2.44. The van der Waals surface area contributed by atoms with Crippen molar-refractivity contribution in [2.45, 2.75) is 13.8 Å². The van der Waals surface area contributed by atoms with Gasteiger partial charge in [0.05, 0.1) is 5.56 Å². The molecule has 2 aromatic heterocycles. The quantitative estimate of drug-likeness (QED) is 0.654. The van der Waals surface area contributed by atoms with Crippen LogP contribution in [0.15, 0.2) is 24.4 Å². The molecule has 3 aromatic rings. The lowest BCUT2D eigenvalue weighted by Gasteiger charge is -2.14. The van der Waals surface area contributed by atoms with Crippen molar-refractivity contribution in [3.05, 3.63) is 41.3 Å². The number of nitrogen functional groups attached to an aromatic ring is 1. The zero-order chi connectivity index (χ0) is 18.8. The van der Waals surface area contributed by atoms with E-state index in [9.17, 15) is 4.79 Å². The van der Waals surface area contributed by atoms with Crippen molar-refractivity contribution in [1.29, 1.82) is 0 Å². The van der Waals surface area contributed by atoms with Gasteiger partial charge in [0.1, 0.15) is 11.6 Å². The Kier molecular flexibility index (Phi) is 4.53. The van der Waals surface area contributed by atoms with E-state index in [0.29, 0.717) is 28.7 Å². The number of benzene rings is 1. The molecule has 0 aliphatic rings. The zero-order valence-electron chi connectivity index (χ0n) is 15.0. The molecular weight excluding hydrogens is 332 g/mol. The molecule has 9 nitrogen and oxygen atoms in total. The largest absolute Gasteiger partial charge is 0.383 e. The SMILES string of the molecule is Cc1nc(-c2cnc(Nc3ccc(C(=O)N(C)C)c(C)c3)nc2N)n[nH]1. The molecule has 0 aliphatic carbocycles. The summed E-state index contributed by atoms with van der Waals surface area (Å²) in [6.45, 7) is 3.68. The number of anilines is 3. The number of nitrogens with two attached hydrogens (primary N) is 1. The Hall–Kier alpha value is -3.49. The van der Waals surface area contributed by atoms with Gasteiger partial charge in [-0.1, -0.05) is 0 Å². The van der Waals surface area contributed by atoms with Gasteiger partial charge in [-0.15, -0.1) is 0 Å². The van der Waals surface area contributed by atoms with Crippen LogP contribution in [0.5, 0.6) is 0 Å². The first-order valence-corrected chi connectivity index (χ1v) is 7.96. The molecule has 0 bridgehead atoms. The summed E-state index contributed by atoms with van der Waals surface area (Å²) in [4.78, 5) is 26.4. The topological polar surface area (TPSA) is 126 Å². The highest BCUT2D eigenvalue weighted by molar-refractivity contribution is 5.95. The van der Waals surface area contributed by atoms with Crippen molar-refractivity contribution >= 4 is 23.4 Å². The third kappa shape index (κ3) is 3.46. The van der Waals surface area contributed by atoms with E-state index in [1.54, 1.807) is 44.2 Å². The maximum absolute atomic E-state index is 12.1. The Labute approximate surface area is 150 Å². The van der Waals surface area contributed by atoms with Crippen LogP contribution in [0.1, 0.15) is 21.7 Å². The van der Waals surface area contributed by atoms with E-state index in [2.05, 4.69) is 30.5 Å². The van der Waals surface area contributed by atoms with Gasteiger partial charge < -0.3 is 16.0 Å². The van der Waals surface area contributed by atoms with Crippen molar-refractivity contribution in [1.82, 2.24) is 30.0 Å². The lowest BCUT2D eigenvalue weighted by Crippen LogP contribution is -2.22. The van der Waals surface area contributed by atoms with E-state index in [1.807, 2.05) is 13.0 Å². The van der Waals surface area contributed by atoms with Crippen LogP contribution in [0.2, 0.25) is 0 Å². The van der Waals surface area contributed by atoms with Crippen LogP contribution in [-0.2, 0) is 0 Å². The second-order valence-corrected chi connectivity index (χ2v) is 6.09. The molecule has 9 heteroatoms. The van der Waals surface area contributed by atoms with Gasteiger partial charge in [-0.05, 0) is 37.6 Å². The van der Waals surface area contributed by atoms with E-state index in [1.165, 1.54) is 0 Å². The van der Waals surface area contributed by atoms with Crippen LogP contribution in [0, 0.1) is 13.8 Å². The smallest absolute Gasteiger partial charge is 0.253 e. The number of H-pyrrole nitrogens is 1. The molecule has 0 aliphatic heterocycles. The zero-order valence-corrected chi connectivity index (χ0v) is 15.0. The highest BCUT2D eigenvalue weighted by Gasteiger charge is 2.13. The number of hydrogen-bond acceptors (Lipinski definition) is 7. The van der Waals surface area contributed by atoms with E-state index in [-0.39, 0.29) is 11.7 Å². The second kappa shape index (κ2) is 6.79. The number of aromatic nitrogens is 5. The molecule has 4 N–H and O–H groups in total. The summed E-state index contributed by atoms with van der Waals surface area (Å²) in [5.74, 6) is 1.72. The van der Waals surface area contributed by atoms with Gasteiger partial charge in [-0.2, -0.15) is 10.1 Å². The van der Waals surface area contributed by atoms with E-state index < -0.39 is 0 Å². The molecule has 1 amide bonds. The summed E-state index contributed by atoms with van der Waals surface area (Å²) >= 11 is 0. The Morgan fingerprint density at radius 1 is 1.23 bits per heavy atom. The molecule has 0 unspecified atom stereocenters. The van der Waals surface area contributed by atoms with Crippen LogP contribution in [0.4, 0.5) is 17.5 Å². The molecule has 0 saturated carbocycles. The minimum atomic E-state index is -0.0410. The van der Waals surface area contributed by atoms with Gasteiger partial charge in [0.25, 0.3) is 5.91 Å². The number of rotatable bonds is 4. The van der Waals surface area contributed by atoms with Crippen LogP contribution in [-0.4, -0.2) is 50.1 Å². The summed E-state index contributed by atoms with van der Waals surface area (Å²) in [7, 11) is 3.45. The first-order valence-electron chi connectivity index (χ1n) is 7.96. The normalized spacial score (nSPS) is 10.6. The van der Waals surface area contributed by atoms with Crippen LogP contribution < -0.4 is 11.1 Å². The van der Waals surface area contributed by atoms with Crippen molar-refractivity contribution in [2.24, 2.45) is 0 Å². The molecule has 2 heterocycles. The van der Waals surface area contributed by atoms with E-state index in [0.717, 1.165) is 11.3 Å². The maximum atomic E-state index is 12.1. The number of carbonyl (C=O) groups excluding carboxylic acids is 1. The summed E-state index contributed by atoms with van der Waals surface area (Å²) in [6.07, 6.45) is 1.57. The van der Waals surface area contributed by atoms with Gasteiger partial charge in [0, 0.05) is 31.5 Å². The predicted octanol–water partition coefficient (Wildman–Crippen LogP) is 1.91. The minimum Gasteiger partial charge on any atom is -0.383 e. The van der Waals surface area contributed by atoms with Gasteiger partial charge in [-0.3, -0.25) is 9.89 Å². The molecule has 3 rings (SSSR count). The number of hydrogen-bond donors (Lipinski definition) is 3. The Balaban J connectivity index is 1.82. The fraction of sp³-hybridized carbons (Fsp3) is 0.235. The van der Waals surface area contributed by atoms with Gasteiger partial charge in [0.2, 0.25) is 5.95 Å². The van der Waals surface area contributed by atoms with Crippen LogP contribution in [0.3, 0.4) is 0 Å². The first-order chi connectivity index (χ1) is 12.3. The fourth-order valence-corrected chi connectivity index (χ4v) is 2.44. The first kappa shape index (κ1) is 17.3. The number of nitrogens with zero attached hydrogens (tertiary/aromatic N) is 5. The Morgan fingerprint density at radius 2 is 2.00 bits per heavy atom. The average Bonchev–Trinajstić information content (AvgIpc) is 3.00. The minimum absolute atomic E-state index is 0.0410. The molecule has 0 saturated heterocycles. The molecule has 1 aromatic carbocycles. The number of carbonyl (C=O) groups is 1. The number of amides is 1. The highest BCUT2D eigenvalue weighted by Crippen LogP contribution is 2.23. The van der Waals surface area contributed by atoms with Crippen LogP contribution in [0.25, 0.3) is 11.4 Å². The molecule has 134 valence electrons. The predicted molar refractivity (Wildman–Crippen MR) is 99.0 cm³/mol. The summed E-state index contributed by atoms with van der Waals surface area (Å²) in [5.41, 5.74) is 8.83.